The van der Waals surface area contributed by atoms with Crippen molar-refractivity contribution in [1.82, 2.24) is 9.88 Å². The van der Waals surface area contributed by atoms with Crippen LogP contribution in [0.4, 0.5) is 11.5 Å². The topological polar surface area (TPSA) is 103 Å². The highest BCUT2D eigenvalue weighted by Crippen LogP contribution is 2.31. The maximum atomic E-state index is 13.1. The number of pyridine rings is 1. The van der Waals surface area contributed by atoms with Crippen LogP contribution in [0.3, 0.4) is 0 Å². The minimum Gasteiger partial charge on any atom is -0.478 e. The summed E-state index contributed by atoms with van der Waals surface area (Å²) in [6.45, 7) is 6.68. The fourth-order valence-electron chi connectivity index (χ4n) is 4.62. The first kappa shape index (κ1) is 22.5. The minimum absolute atomic E-state index is 0.0543. The van der Waals surface area contributed by atoms with Gasteiger partial charge < -0.3 is 14.9 Å². The van der Waals surface area contributed by atoms with Gasteiger partial charge in [-0.25, -0.2) is 18.2 Å². The summed E-state index contributed by atoms with van der Waals surface area (Å²) in [5.74, 6) is -0.188. The van der Waals surface area contributed by atoms with Gasteiger partial charge >= 0.3 is 5.97 Å². The van der Waals surface area contributed by atoms with E-state index in [1.807, 2.05) is 13.0 Å². The number of sulfonamides is 1. The van der Waals surface area contributed by atoms with Crippen LogP contribution in [0.1, 0.15) is 41.6 Å². The molecule has 3 heterocycles. The Kier molecular flexibility index (Phi) is 6.66. The molecule has 2 aromatic rings. The lowest BCUT2D eigenvalue weighted by atomic mass is 9.97. The number of nitrogens with one attached hydrogen (secondary N) is 1. The Morgan fingerprint density at radius 2 is 1.97 bits per heavy atom. The van der Waals surface area contributed by atoms with E-state index >= 15 is 0 Å². The molecule has 2 saturated heterocycles. The predicted molar refractivity (Wildman–Crippen MR) is 124 cm³/mol. The van der Waals surface area contributed by atoms with Crippen molar-refractivity contribution >= 4 is 27.5 Å². The highest BCUT2D eigenvalue weighted by molar-refractivity contribution is 7.92. The van der Waals surface area contributed by atoms with Gasteiger partial charge in [-0.1, -0.05) is 12.1 Å². The normalized spacial score (nSPS) is 19.8. The SMILES string of the molecule is Cc1cccc(S(=O)(=O)Nc2cc(C(=O)O)cnc2N2CCC[C@H](CN3CCCC3)C2)c1. The van der Waals surface area contributed by atoms with Crippen molar-refractivity contribution in [2.24, 2.45) is 5.92 Å². The maximum absolute atomic E-state index is 13.1. The third-order valence-electron chi connectivity index (χ3n) is 6.19. The summed E-state index contributed by atoms with van der Waals surface area (Å²) in [7, 11) is -3.89. The van der Waals surface area contributed by atoms with Gasteiger partial charge in [0.25, 0.3) is 10.0 Å². The van der Waals surface area contributed by atoms with Crippen LogP contribution in [-0.2, 0) is 10.0 Å². The summed E-state index contributed by atoms with van der Waals surface area (Å²) in [4.78, 5) is 20.6. The molecule has 8 nitrogen and oxygen atoms in total. The van der Waals surface area contributed by atoms with Crippen LogP contribution in [0.25, 0.3) is 0 Å². The maximum Gasteiger partial charge on any atom is 0.337 e. The first-order valence-electron chi connectivity index (χ1n) is 11.1. The standard InChI is InChI=1S/C23H30N4O4S/c1-17-6-4-8-20(12-17)32(30,31)25-21-13-19(23(28)29)14-24-22(21)27-11-5-7-18(16-27)15-26-9-2-3-10-26/h4,6,8,12-14,18,25H,2-3,5,7,9-11,15-16H2,1H3,(H,28,29)/t18-/m1/s1. The van der Waals surface area contributed by atoms with Crippen LogP contribution >= 0.6 is 0 Å². The zero-order chi connectivity index (χ0) is 22.7. The number of rotatable bonds is 7. The van der Waals surface area contributed by atoms with Crippen LogP contribution < -0.4 is 9.62 Å². The molecule has 2 N–H and O–H groups in total. The number of likely N-dealkylation sites (tertiary alicyclic amines) is 1. The number of aryl methyl sites for hydroxylation is 1. The predicted octanol–water partition coefficient (Wildman–Crippen LogP) is 3.20. The lowest BCUT2D eigenvalue weighted by molar-refractivity contribution is 0.0696. The van der Waals surface area contributed by atoms with E-state index in [9.17, 15) is 18.3 Å². The summed E-state index contributed by atoms with van der Waals surface area (Å²) in [5, 5.41) is 9.43. The third kappa shape index (κ3) is 5.21. The lowest BCUT2D eigenvalue weighted by Crippen LogP contribution is -2.41. The number of hydrogen-bond acceptors (Lipinski definition) is 6. The number of aromatic carboxylic acids is 1. The number of aromatic nitrogens is 1. The van der Waals surface area contributed by atoms with Crippen molar-refractivity contribution in [3.8, 4) is 0 Å². The van der Waals surface area contributed by atoms with Crippen LogP contribution in [0.2, 0.25) is 0 Å². The molecule has 0 bridgehead atoms. The summed E-state index contributed by atoms with van der Waals surface area (Å²) in [6.07, 6.45) is 5.92. The van der Waals surface area contributed by atoms with Gasteiger partial charge in [0.05, 0.1) is 16.1 Å². The molecule has 1 atom stereocenters. The molecule has 4 rings (SSSR count). The summed E-state index contributed by atoms with van der Waals surface area (Å²) in [5.41, 5.74) is 0.973. The molecule has 32 heavy (non-hydrogen) atoms. The molecule has 0 unspecified atom stereocenters. The van der Waals surface area contributed by atoms with Crippen LogP contribution in [-0.4, -0.2) is 62.1 Å². The number of anilines is 2. The Morgan fingerprint density at radius 1 is 1.19 bits per heavy atom. The molecule has 0 aliphatic carbocycles. The Hall–Kier alpha value is -2.65. The number of benzene rings is 1. The van der Waals surface area contributed by atoms with Gasteiger partial charge in [0, 0.05) is 25.8 Å². The quantitative estimate of drug-likeness (QED) is 0.657. The molecule has 2 fully saturated rings. The third-order valence-corrected chi connectivity index (χ3v) is 7.55. The summed E-state index contributed by atoms with van der Waals surface area (Å²) >= 11 is 0. The molecular weight excluding hydrogens is 428 g/mol. The van der Waals surface area contributed by atoms with Gasteiger partial charge in [0.2, 0.25) is 0 Å². The van der Waals surface area contributed by atoms with E-state index in [1.54, 1.807) is 12.1 Å². The second kappa shape index (κ2) is 9.46. The highest BCUT2D eigenvalue weighted by atomic mass is 32.2. The van der Waals surface area contributed by atoms with E-state index in [2.05, 4.69) is 19.5 Å². The molecule has 0 spiro atoms. The molecule has 2 aliphatic rings. The average Bonchev–Trinajstić information content (AvgIpc) is 3.26. The molecule has 0 amide bonds. The van der Waals surface area contributed by atoms with Crippen molar-refractivity contribution < 1.29 is 18.3 Å². The van der Waals surface area contributed by atoms with Crippen LogP contribution in [0, 0.1) is 12.8 Å². The van der Waals surface area contributed by atoms with E-state index in [1.165, 1.54) is 31.2 Å². The van der Waals surface area contributed by atoms with Gasteiger partial charge in [-0.15, -0.1) is 0 Å². The lowest BCUT2D eigenvalue weighted by Gasteiger charge is -2.36. The Bertz CT molecular complexity index is 1080. The zero-order valence-electron chi connectivity index (χ0n) is 18.3. The second-order valence-corrected chi connectivity index (χ2v) is 10.5. The van der Waals surface area contributed by atoms with Crippen molar-refractivity contribution in [2.75, 3.05) is 42.3 Å². The minimum atomic E-state index is -3.89. The number of nitrogens with zero attached hydrogens (tertiary/aromatic N) is 3. The Balaban J connectivity index is 1.61. The number of carbonyl (C=O) groups is 1. The molecule has 9 heteroatoms. The first-order valence-corrected chi connectivity index (χ1v) is 12.6. The van der Waals surface area contributed by atoms with Crippen molar-refractivity contribution in [1.29, 1.82) is 0 Å². The molecule has 2 aliphatic heterocycles. The smallest absolute Gasteiger partial charge is 0.337 e. The van der Waals surface area contributed by atoms with E-state index in [-0.39, 0.29) is 16.1 Å². The van der Waals surface area contributed by atoms with Gasteiger partial charge in [-0.2, -0.15) is 0 Å². The largest absolute Gasteiger partial charge is 0.478 e. The molecule has 0 radical (unpaired) electrons. The monoisotopic (exact) mass is 458 g/mol. The molecular formula is C23H30N4O4S. The highest BCUT2D eigenvalue weighted by Gasteiger charge is 2.27. The van der Waals surface area contributed by atoms with E-state index in [4.69, 9.17) is 0 Å². The summed E-state index contributed by atoms with van der Waals surface area (Å²) < 4.78 is 28.7. The Morgan fingerprint density at radius 3 is 2.69 bits per heavy atom. The van der Waals surface area contributed by atoms with E-state index in [0.717, 1.165) is 51.1 Å². The molecule has 0 saturated carbocycles. The van der Waals surface area contributed by atoms with Crippen molar-refractivity contribution in [2.45, 2.75) is 37.5 Å². The molecule has 172 valence electrons. The Labute approximate surface area is 189 Å². The fourth-order valence-corrected chi connectivity index (χ4v) is 5.78. The number of carboxylic acid groups (broad SMARTS) is 1. The summed E-state index contributed by atoms with van der Waals surface area (Å²) in [6, 6.07) is 7.98. The second-order valence-electron chi connectivity index (χ2n) is 8.78. The number of hydrogen-bond donors (Lipinski definition) is 2. The first-order chi connectivity index (χ1) is 15.3. The average molecular weight is 459 g/mol. The van der Waals surface area contributed by atoms with Gasteiger partial charge in [-0.05, 0) is 75.4 Å². The van der Waals surface area contributed by atoms with Crippen LogP contribution in [0.15, 0.2) is 41.4 Å². The van der Waals surface area contributed by atoms with Gasteiger partial charge in [0.1, 0.15) is 0 Å². The van der Waals surface area contributed by atoms with Gasteiger partial charge in [-0.3, -0.25) is 4.72 Å². The zero-order valence-corrected chi connectivity index (χ0v) is 19.1. The molecule has 1 aromatic heterocycles. The van der Waals surface area contributed by atoms with Crippen molar-refractivity contribution in [3.05, 3.63) is 47.7 Å². The van der Waals surface area contributed by atoms with Crippen LogP contribution in [0.5, 0.6) is 0 Å². The van der Waals surface area contributed by atoms with E-state index < -0.39 is 16.0 Å². The van der Waals surface area contributed by atoms with E-state index in [0.29, 0.717) is 11.7 Å². The molecule has 1 aromatic carbocycles. The number of carboxylic acids is 1. The fraction of sp³-hybridized carbons (Fsp3) is 0.478. The number of piperidine rings is 1. The van der Waals surface area contributed by atoms with Gasteiger partial charge in [0.15, 0.2) is 5.82 Å². The van der Waals surface area contributed by atoms with Crippen molar-refractivity contribution in [3.63, 3.8) is 0 Å².